The first kappa shape index (κ1) is 44.7. The number of carbonyl (C=O) groups excluding carboxylic acids is 3. The molecule has 0 radical (unpaired) electrons. The second kappa shape index (κ2) is 15.7. The Morgan fingerprint density at radius 2 is 0.475 bits per heavy atom. The van der Waals surface area contributed by atoms with E-state index in [1.165, 1.54) is 0 Å². The summed E-state index contributed by atoms with van der Waals surface area (Å²) in [6, 6.07) is 0. The van der Waals surface area contributed by atoms with Crippen molar-refractivity contribution in [1.82, 2.24) is 0 Å². The third-order valence-corrected chi connectivity index (χ3v) is 2.46. The van der Waals surface area contributed by atoms with Crippen LogP contribution >= 0.6 is 0 Å². The molecule has 228 valence electrons. The van der Waals surface area contributed by atoms with Crippen LogP contribution in [0.25, 0.3) is 0 Å². The molecule has 0 saturated carbocycles. The number of hydrogen-bond donors (Lipinski definition) is 0. The van der Waals surface area contributed by atoms with Gasteiger partial charge in [0, 0.05) is 0 Å². The van der Waals surface area contributed by atoms with E-state index in [1.54, 1.807) is 0 Å². The molecule has 40 heavy (non-hydrogen) atoms. The SMILES string of the molecule is O=C(C=C([O-])C(F)(F)F)C(F)(F)F.O=C(C=C([O-])C(F)(F)F)C(F)(F)F.O=C(C=C([O-])C(F)(F)F)C(F)(F)F.[Pr+3]. The average Bonchev–Trinajstić information content (AvgIpc) is 2.64. The molecule has 0 heterocycles. The summed E-state index contributed by atoms with van der Waals surface area (Å²) in [5.74, 6) is -16.9. The molecule has 0 aromatic carbocycles. The normalized spacial score (nSPS) is 14.1. The van der Waals surface area contributed by atoms with Crippen LogP contribution in [0, 0.1) is 41.3 Å². The van der Waals surface area contributed by atoms with Gasteiger partial charge in [0.2, 0.25) is 0 Å². The summed E-state index contributed by atoms with van der Waals surface area (Å²) in [4.78, 5) is 29.5. The van der Waals surface area contributed by atoms with Crippen LogP contribution in [0.3, 0.4) is 0 Å². The minimum absolute atomic E-state index is 0. The number of ketones is 3. The van der Waals surface area contributed by atoms with Crippen molar-refractivity contribution in [3.05, 3.63) is 35.5 Å². The van der Waals surface area contributed by atoms with Gasteiger partial charge in [-0.3, -0.25) is 14.4 Å². The molecule has 0 aromatic heterocycles. The van der Waals surface area contributed by atoms with Crippen molar-refractivity contribution >= 4 is 17.3 Å². The van der Waals surface area contributed by atoms with Gasteiger partial charge in [0.1, 0.15) is 0 Å². The maximum Gasteiger partial charge on any atom is 3.00 e. The second-order valence-electron chi connectivity index (χ2n) is 5.61. The van der Waals surface area contributed by atoms with E-state index >= 15 is 0 Å². The molecule has 0 spiro atoms. The summed E-state index contributed by atoms with van der Waals surface area (Å²) < 4.78 is 203. The van der Waals surface area contributed by atoms with Gasteiger partial charge in [-0.2, -0.15) is 79.0 Å². The zero-order valence-corrected chi connectivity index (χ0v) is 21.3. The van der Waals surface area contributed by atoms with Crippen LogP contribution in [0.2, 0.25) is 0 Å². The molecule has 0 bridgehead atoms. The molecule has 0 aliphatic heterocycles. The Balaban J connectivity index is -0.000000240. The third-order valence-electron chi connectivity index (χ3n) is 2.46. The van der Waals surface area contributed by atoms with E-state index in [2.05, 4.69) is 0 Å². The topological polar surface area (TPSA) is 120 Å². The van der Waals surface area contributed by atoms with E-state index in [-0.39, 0.29) is 41.3 Å². The first-order valence-electron chi connectivity index (χ1n) is 7.86. The standard InChI is InChI=1S/3C5H2F6O2.Pr/c3*6-4(7,8)2(12)1-3(13)5(9,10)11;/h3*1,12H;/q;;;+3/p-3. The summed E-state index contributed by atoms with van der Waals surface area (Å²) in [5.41, 5.74) is 0. The number of carbonyl (C=O) groups is 3. The Bertz CT molecular complexity index is 834. The first-order valence-corrected chi connectivity index (χ1v) is 7.86. The molecule has 0 saturated heterocycles. The summed E-state index contributed by atoms with van der Waals surface area (Å²) in [7, 11) is 0. The van der Waals surface area contributed by atoms with Gasteiger partial charge in [0.05, 0.1) is 0 Å². The van der Waals surface area contributed by atoms with Crippen LogP contribution in [0.4, 0.5) is 79.0 Å². The molecule has 0 unspecified atom stereocenters. The maximum absolute atomic E-state index is 11.3. The van der Waals surface area contributed by atoms with Gasteiger partial charge < -0.3 is 15.3 Å². The molecule has 0 aliphatic carbocycles. The van der Waals surface area contributed by atoms with E-state index in [1.807, 2.05) is 0 Å². The Kier molecular flexibility index (Phi) is 17.5. The van der Waals surface area contributed by atoms with Crippen molar-refractivity contribution in [3.8, 4) is 0 Å². The molecule has 0 atom stereocenters. The van der Waals surface area contributed by atoms with Crippen LogP contribution in [0.15, 0.2) is 35.5 Å². The summed E-state index contributed by atoms with van der Waals surface area (Å²) >= 11 is 0. The Labute approximate surface area is 239 Å². The summed E-state index contributed by atoms with van der Waals surface area (Å²) in [5, 5.41) is 29.5. The number of rotatable bonds is 3. The molecule has 0 aromatic rings. The maximum atomic E-state index is 11.3. The fourth-order valence-electron chi connectivity index (χ4n) is 0.848. The van der Waals surface area contributed by atoms with Gasteiger partial charge in [-0.15, -0.1) is 0 Å². The van der Waals surface area contributed by atoms with E-state index in [4.69, 9.17) is 0 Å². The number of halogens is 18. The van der Waals surface area contributed by atoms with Crippen LogP contribution in [-0.4, -0.2) is 54.4 Å². The van der Waals surface area contributed by atoms with Gasteiger partial charge in [0.15, 0.2) is 0 Å². The molecule has 0 amide bonds. The van der Waals surface area contributed by atoms with Crippen molar-refractivity contribution < 1.29 is 150 Å². The quantitative estimate of drug-likeness (QED) is 0.248. The summed E-state index contributed by atoms with van der Waals surface area (Å²) in [6.45, 7) is 0. The number of hydrogen-bond acceptors (Lipinski definition) is 6. The van der Waals surface area contributed by atoms with E-state index in [0.717, 1.165) is 0 Å². The average molecular weight is 762 g/mol. The first-order chi connectivity index (χ1) is 16.6. The Morgan fingerprint density at radius 1 is 0.350 bits per heavy atom. The van der Waals surface area contributed by atoms with Gasteiger partial charge in [0.25, 0.3) is 17.3 Å². The molecular weight excluding hydrogens is 759 g/mol. The van der Waals surface area contributed by atoms with Gasteiger partial charge in [-0.1, -0.05) is 0 Å². The molecular formula is C15H3F18O6Pr. The van der Waals surface area contributed by atoms with Crippen molar-refractivity contribution in [1.29, 1.82) is 0 Å². The van der Waals surface area contributed by atoms with Gasteiger partial charge in [-0.25, -0.2) is 0 Å². The van der Waals surface area contributed by atoms with Gasteiger partial charge >= 0.3 is 78.3 Å². The minimum Gasteiger partial charge on any atom is -0.869 e. The minimum atomic E-state index is -5.46. The van der Waals surface area contributed by atoms with Gasteiger partial charge in [-0.05, 0) is 35.5 Å². The third kappa shape index (κ3) is 20.6. The second-order valence-corrected chi connectivity index (χ2v) is 5.61. The Morgan fingerprint density at radius 3 is 0.550 bits per heavy atom. The van der Waals surface area contributed by atoms with Crippen LogP contribution in [0.5, 0.6) is 0 Å². The molecule has 0 fully saturated rings. The van der Waals surface area contributed by atoms with Crippen LogP contribution < -0.4 is 15.3 Å². The number of allylic oxidation sites excluding steroid dienone is 6. The van der Waals surface area contributed by atoms with Crippen molar-refractivity contribution in [3.63, 3.8) is 0 Å². The summed E-state index contributed by atoms with van der Waals surface area (Å²) in [6.07, 6.45) is -35.8. The Hall–Kier alpha value is -2.27. The van der Waals surface area contributed by atoms with E-state index < -0.39 is 89.9 Å². The molecule has 25 heteroatoms. The monoisotopic (exact) mass is 762 g/mol. The molecule has 0 rings (SSSR count). The smallest absolute Gasteiger partial charge is 0.869 e. The zero-order chi connectivity index (χ0) is 32.6. The zero-order valence-electron chi connectivity index (χ0n) is 17.6. The van der Waals surface area contributed by atoms with E-state index in [0.29, 0.717) is 0 Å². The largest absolute Gasteiger partial charge is 3.00 e. The molecule has 6 nitrogen and oxygen atoms in total. The van der Waals surface area contributed by atoms with E-state index in [9.17, 15) is 109 Å². The van der Waals surface area contributed by atoms with Crippen LogP contribution in [-0.2, 0) is 14.4 Å². The predicted octanol–water partition coefficient (Wildman–Crippen LogP) is 2.77. The fraction of sp³-hybridized carbons (Fsp3) is 0.400. The van der Waals surface area contributed by atoms with Crippen molar-refractivity contribution in [2.24, 2.45) is 0 Å². The van der Waals surface area contributed by atoms with Crippen LogP contribution in [0.1, 0.15) is 0 Å². The molecule has 0 N–H and O–H groups in total. The number of alkyl halides is 18. The fourth-order valence-corrected chi connectivity index (χ4v) is 0.848. The van der Waals surface area contributed by atoms with Crippen molar-refractivity contribution in [2.45, 2.75) is 37.1 Å². The van der Waals surface area contributed by atoms with Crippen molar-refractivity contribution in [2.75, 3.05) is 0 Å². The molecule has 0 aliphatic rings. The predicted molar refractivity (Wildman–Crippen MR) is 75.6 cm³/mol.